The number of carbonyl (C=O) groups excluding carboxylic acids is 2. The standard InChI is InChI=1S/C37H61F3O5Si2.C24H31F3O6.C7H15F3O3SSi.CH4/c1-27-24-33(45-47(11,12)36(5,6)7)32(20-15-13-14-16-21-34(41)42-8)31(27)23-22-30(44-46(9,10)35(2,3)4)26-43-29-19-17-18-28(25-29)37(38,39)40;1-32-23(31)10-5-3-2-4-9-19-20(22(30)14-21(19)29)12-11-17(28)15-33-18-8-6-7-16(13-18)24(25,26)27;1-6(2,3)15(4,5)13-14(11,12)7(8,9)10;/h13,15,17-19,22-23,25,27,30-33H,14,16,20-21,24,26H2,1-12H3;2,4,6-8,11-13,17,19-22,28-30H,3,5,9-10,14-15H2,1H3;1-5H3;1H4/b15-13-,23-22+;4-2-,12-11+;;/t27-,30-,31+,32-,33+;17-,19-,20-,21+,22-;;/m11../s1. The molecule has 2 aromatic rings. The van der Waals surface area contributed by atoms with E-state index in [2.05, 4.69) is 108 Å². The van der Waals surface area contributed by atoms with Gasteiger partial charge in [-0.05, 0) is 159 Å². The van der Waals surface area contributed by atoms with Crippen molar-refractivity contribution in [2.45, 2.75) is 244 Å². The lowest BCUT2D eigenvalue weighted by atomic mass is 9.87. The molecular weight excluding hydrogens is 1340 g/mol. The minimum Gasteiger partial charge on any atom is -0.491 e. The van der Waals surface area contributed by atoms with E-state index in [1.165, 1.54) is 51.6 Å². The Bertz CT molecular complexity index is 2910. The van der Waals surface area contributed by atoms with E-state index in [1.54, 1.807) is 32.9 Å². The predicted molar refractivity (Wildman–Crippen MR) is 366 cm³/mol. The van der Waals surface area contributed by atoms with Gasteiger partial charge in [-0.15, -0.1) is 0 Å². The van der Waals surface area contributed by atoms with Gasteiger partial charge in [0.2, 0.25) is 8.32 Å². The van der Waals surface area contributed by atoms with Crippen LogP contribution < -0.4 is 9.47 Å². The lowest BCUT2D eigenvalue weighted by Gasteiger charge is -2.40. The number of hydrogen-bond acceptors (Lipinski definition) is 14. The van der Waals surface area contributed by atoms with Crippen molar-refractivity contribution in [1.29, 1.82) is 0 Å². The van der Waals surface area contributed by atoms with Crippen LogP contribution in [0.3, 0.4) is 0 Å². The van der Waals surface area contributed by atoms with Crippen LogP contribution in [0.1, 0.15) is 152 Å². The van der Waals surface area contributed by atoms with Crippen LogP contribution in [0.4, 0.5) is 39.5 Å². The number of carbonyl (C=O) groups is 2. The molecule has 0 unspecified atom stereocenters. The Labute approximate surface area is 569 Å². The summed E-state index contributed by atoms with van der Waals surface area (Å²) >= 11 is 0. The van der Waals surface area contributed by atoms with E-state index in [-0.39, 0.29) is 90.4 Å². The summed E-state index contributed by atoms with van der Waals surface area (Å²) in [5.41, 5.74) is -6.92. The largest absolute Gasteiger partial charge is 0.522 e. The highest BCUT2D eigenvalue weighted by Gasteiger charge is 2.53. The number of hydrogen-bond donors (Lipinski definition) is 3. The zero-order valence-corrected chi connectivity index (χ0v) is 62.5. The van der Waals surface area contributed by atoms with E-state index in [0.29, 0.717) is 38.0 Å². The molecule has 0 bridgehead atoms. The van der Waals surface area contributed by atoms with Crippen molar-refractivity contribution >= 4 is 47.0 Å². The number of allylic oxidation sites excluding steroid dienone is 5. The first kappa shape index (κ1) is 89.7. The van der Waals surface area contributed by atoms with Crippen LogP contribution in [-0.4, -0.2) is 124 Å². The molecule has 96 heavy (non-hydrogen) atoms. The zero-order valence-electron chi connectivity index (χ0n) is 58.6. The molecule has 2 aliphatic carbocycles. The van der Waals surface area contributed by atoms with Crippen molar-refractivity contribution < 1.29 is 105 Å². The molecule has 2 fully saturated rings. The van der Waals surface area contributed by atoms with Crippen molar-refractivity contribution in [3.05, 3.63) is 108 Å². The molecule has 0 aromatic heterocycles. The quantitative estimate of drug-likeness (QED) is 0.0182. The summed E-state index contributed by atoms with van der Waals surface area (Å²) < 4.78 is 175. The Morgan fingerprint density at radius 3 is 1.47 bits per heavy atom. The highest BCUT2D eigenvalue weighted by Crippen LogP contribution is 2.48. The number of halogens is 9. The van der Waals surface area contributed by atoms with Gasteiger partial charge in [0.1, 0.15) is 30.8 Å². The fraction of sp³-hybridized carbons (Fsp3) is 0.681. The molecule has 14 nitrogen and oxygen atoms in total. The van der Waals surface area contributed by atoms with Gasteiger partial charge in [-0.3, -0.25) is 9.59 Å². The molecular formula is C69H111F9O14SSi3. The third-order valence-electron chi connectivity index (χ3n) is 18.4. The van der Waals surface area contributed by atoms with Crippen LogP contribution in [0.25, 0.3) is 0 Å². The zero-order chi connectivity index (χ0) is 73.0. The van der Waals surface area contributed by atoms with Crippen molar-refractivity contribution in [2.75, 3.05) is 27.4 Å². The van der Waals surface area contributed by atoms with Crippen LogP contribution in [0.2, 0.25) is 54.4 Å². The molecule has 0 spiro atoms. The Kier molecular flexibility index (Phi) is 35.4. The SMILES string of the molecule is C.CC(C)(C)[Si](C)(C)OS(=O)(=O)C(F)(F)F.COC(=O)CCC/C=C\C[C@@H]1[C@@H](/C=C/[C@@H](O)COc2cccc(C(F)(F)F)c2)[C@H](O)C[C@@H]1O.COC(=O)CCC/C=C\C[C@@H]1[C@@H](/C=C/[C@H](COc2cccc(C(F)(F)F)c2)O[Si](C)(C)C(C)(C)C)[C@H](C)C[C@@H]1O[Si](C)(C)C(C)(C)C. The fourth-order valence-corrected chi connectivity index (χ4v) is 15.9. The first-order chi connectivity index (χ1) is 43.3. The van der Waals surface area contributed by atoms with E-state index in [9.17, 15) is 72.8 Å². The van der Waals surface area contributed by atoms with Gasteiger partial charge < -0.3 is 47.0 Å². The van der Waals surface area contributed by atoms with Crippen molar-refractivity contribution in [3.8, 4) is 11.5 Å². The molecule has 552 valence electrons. The molecule has 2 aromatic carbocycles. The van der Waals surface area contributed by atoms with Crippen LogP contribution in [-0.2, 0) is 54.3 Å². The minimum absolute atomic E-state index is 0. The van der Waals surface area contributed by atoms with Crippen LogP contribution in [0.5, 0.6) is 11.5 Å². The summed E-state index contributed by atoms with van der Waals surface area (Å²) in [6.45, 7) is 32.2. The number of ether oxygens (including phenoxy) is 4. The van der Waals surface area contributed by atoms with Crippen LogP contribution >= 0.6 is 0 Å². The number of methoxy groups -OCH3 is 2. The summed E-state index contributed by atoms with van der Waals surface area (Å²) in [7, 11) is -9.96. The summed E-state index contributed by atoms with van der Waals surface area (Å²) in [5.74, 6) is -0.0767. The second kappa shape index (κ2) is 37.9. The van der Waals surface area contributed by atoms with Gasteiger partial charge >= 0.3 is 39.9 Å². The van der Waals surface area contributed by atoms with Crippen molar-refractivity contribution in [1.82, 2.24) is 0 Å². The van der Waals surface area contributed by atoms with Crippen molar-refractivity contribution in [2.24, 2.45) is 29.6 Å². The molecule has 0 saturated heterocycles. The second-order valence-corrected chi connectivity index (χ2v) is 45.1. The van der Waals surface area contributed by atoms with E-state index < -0.39 is 93.5 Å². The minimum atomic E-state index is -5.48. The van der Waals surface area contributed by atoms with Gasteiger partial charge in [0.05, 0.1) is 43.7 Å². The number of alkyl halides is 9. The van der Waals surface area contributed by atoms with E-state index >= 15 is 0 Å². The highest BCUT2D eigenvalue weighted by molar-refractivity contribution is 7.88. The monoisotopic (exact) mass is 1450 g/mol. The van der Waals surface area contributed by atoms with Gasteiger partial charge in [-0.25, -0.2) is 0 Å². The summed E-state index contributed by atoms with van der Waals surface area (Å²) in [5, 5.41) is 30.1. The topological polar surface area (TPSA) is 194 Å². The smallest absolute Gasteiger partial charge is 0.491 e. The molecule has 10 atom stereocenters. The first-order valence-electron chi connectivity index (χ1n) is 32.1. The maximum atomic E-state index is 13.4. The molecule has 0 heterocycles. The molecule has 2 aliphatic rings. The van der Waals surface area contributed by atoms with E-state index in [0.717, 1.165) is 49.9 Å². The third kappa shape index (κ3) is 29.9. The lowest BCUT2D eigenvalue weighted by Crippen LogP contribution is -2.45. The van der Waals surface area contributed by atoms with E-state index in [4.69, 9.17) is 23.1 Å². The van der Waals surface area contributed by atoms with Gasteiger partial charge in [-0.2, -0.15) is 47.9 Å². The number of aliphatic hydroxyl groups is 3. The van der Waals surface area contributed by atoms with Gasteiger partial charge in [0.25, 0.3) is 0 Å². The summed E-state index contributed by atoms with van der Waals surface area (Å²) in [6, 6.07) is 9.41. The number of rotatable bonds is 28. The maximum absolute atomic E-state index is 13.4. The van der Waals surface area contributed by atoms with Crippen LogP contribution in [0, 0.1) is 29.6 Å². The number of esters is 2. The summed E-state index contributed by atoms with van der Waals surface area (Å²) in [6.07, 6.45) is 9.93. The molecule has 27 heteroatoms. The average Bonchev–Trinajstić information content (AvgIpc) is 1.23. The third-order valence-corrected chi connectivity index (χ3v) is 34.2. The molecule has 0 aliphatic heterocycles. The van der Waals surface area contributed by atoms with Crippen molar-refractivity contribution in [3.63, 3.8) is 0 Å². The fourth-order valence-electron chi connectivity index (χ4n) is 9.66. The predicted octanol–water partition coefficient (Wildman–Crippen LogP) is 18.1. The molecule has 2 saturated carbocycles. The molecule has 0 radical (unpaired) electrons. The molecule has 3 N–H and O–H groups in total. The Morgan fingerprint density at radius 1 is 0.604 bits per heavy atom. The Balaban J connectivity index is 0.000000812. The molecule has 4 rings (SSSR count). The normalized spacial score (nSPS) is 21.7. The first-order valence-corrected chi connectivity index (χ1v) is 42.3. The van der Waals surface area contributed by atoms with Gasteiger partial charge in [0.15, 0.2) is 16.6 Å². The Morgan fingerprint density at radius 2 is 1.04 bits per heavy atom. The summed E-state index contributed by atoms with van der Waals surface area (Å²) in [4.78, 5) is 22.6. The highest BCUT2D eigenvalue weighted by atomic mass is 32.2. The van der Waals surface area contributed by atoms with Gasteiger partial charge in [0, 0.05) is 31.3 Å². The van der Waals surface area contributed by atoms with Crippen LogP contribution in [0.15, 0.2) is 97.1 Å². The average molecular weight is 1450 g/mol. The lowest BCUT2D eigenvalue weighted by molar-refractivity contribution is -0.141. The second-order valence-electron chi connectivity index (χ2n) is 29.0. The number of unbranched alkanes of at least 4 members (excludes halogenated alkanes) is 2. The number of benzene rings is 2. The number of aliphatic hydroxyl groups excluding tert-OH is 3. The van der Waals surface area contributed by atoms with E-state index in [1.807, 2.05) is 12.2 Å². The maximum Gasteiger partial charge on any atom is 0.522 e. The Hall–Kier alpha value is -4.33. The van der Waals surface area contributed by atoms with Gasteiger partial charge in [-0.1, -0.05) is 137 Å². The molecule has 0 amide bonds.